The van der Waals surface area contributed by atoms with Crippen LogP contribution in [-0.4, -0.2) is 20.4 Å². The van der Waals surface area contributed by atoms with E-state index in [2.05, 4.69) is 65.1 Å². The minimum absolute atomic E-state index is 0.0232. The number of unbranched alkanes of at least 4 members (excludes halogenated alkanes) is 2. The quantitative estimate of drug-likeness (QED) is 0.261. The fourth-order valence-electron chi connectivity index (χ4n) is 3.60. The van der Waals surface area contributed by atoms with Gasteiger partial charge in [0.1, 0.15) is 11.9 Å². The molecule has 0 aliphatic heterocycles. The highest BCUT2D eigenvalue weighted by Crippen LogP contribution is 2.39. The topological polar surface area (TPSA) is 35.5 Å². The first-order valence-corrected chi connectivity index (χ1v) is 14.0. The molecule has 2 atom stereocenters. The highest BCUT2D eigenvalue weighted by molar-refractivity contribution is 6.74. The number of esters is 1. The number of benzene rings is 1. The molecular weight excluding hydrogens is 364 g/mol. The van der Waals surface area contributed by atoms with Crippen molar-refractivity contribution in [1.82, 2.24) is 0 Å². The van der Waals surface area contributed by atoms with Gasteiger partial charge in [-0.2, -0.15) is 0 Å². The zero-order valence-corrected chi connectivity index (χ0v) is 19.8. The summed E-state index contributed by atoms with van der Waals surface area (Å²) >= 11 is 0. The van der Waals surface area contributed by atoms with E-state index in [9.17, 15) is 4.79 Å². The van der Waals surface area contributed by atoms with Crippen molar-refractivity contribution in [3.8, 4) is 5.75 Å². The largest absolute Gasteiger partial charge is 0.544 e. The predicted octanol–water partition coefficient (Wildman–Crippen LogP) is 7.22. The summed E-state index contributed by atoms with van der Waals surface area (Å²) in [4.78, 5) is 12.2. The molecule has 0 N–H and O–H groups in total. The van der Waals surface area contributed by atoms with Gasteiger partial charge < -0.3 is 9.16 Å². The predicted molar refractivity (Wildman–Crippen MR) is 119 cm³/mol. The van der Waals surface area contributed by atoms with Crippen LogP contribution in [0.4, 0.5) is 0 Å². The van der Waals surface area contributed by atoms with Crippen molar-refractivity contribution in [2.75, 3.05) is 0 Å². The molecule has 0 saturated heterocycles. The van der Waals surface area contributed by atoms with Crippen LogP contribution >= 0.6 is 0 Å². The zero-order valence-electron chi connectivity index (χ0n) is 18.8. The summed E-state index contributed by atoms with van der Waals surface area (Å²) in [5.41, 5.74) is 1.27. The molecule has 0 unspecified atom stereocenters. The first-order valence-electron chi connectivity index (χ1n) is 11.1. The van der Waals surface area contributed by atoms with Crippen LogP contribution in [0.2, 0.25) is 18.1 Å². The molecule has 1 aromatic rings. The second-order valence-corrected chi connectivity index (χ2v) is 14.5. The van der Waals surface area contributed by atoms with Gasteiger partial charge in [0.2, 0.25) is 8.32 Å². The van der Waals surface area contributed by atoms with E-state index in [4.69, 9.17) is 9.16 Å². The Hall–Kier alpha value is -1.29. The number of ether oxygens (including phenoxy) is 1. The van der Waals surface area contributed by atoms with E-state index in [0.717, 1.165) is 44.3 Å². The molecule has 0 spiro atoms. The van der Waals surface area contributed by atoms with E-state index in [1.165, 1.54) is 12.0 Å². The van der Waals surface area contributed by atoms with Crippen molar-refractivity contribution >= 4 is 14.3 Å². The standard InChI is InChI=1S/C24H40O3Si/c1-7-8-9-14-23(25)26-22-13-11-10-12-21(22)19-15-17-20(18-16-19)27-28(5,6)24(2,3)4/h15-18,21-22H,7-14H2,1-6H3/t21-,22+/m0/s1. The van der Waals surface area contributed by atoms with E-state index in [0.29, 0.717) is 12.3 Å². The Morgan fingerprint density at radius 2 is 1.71 bits per heavy atom. The fourth-order valence-corrected chi connectivity index (χ4v) is 4.63. The molecule has 1 aromatic carbocycles. The lowest BCUT2D eigenvalue weighted by Gasteiger charge is -2.36. The Morgan fingerprint density at radius 3 is 2.32 bits per heavy atom. The smallest absolute Gasteiger partial charge is 0.306 e. The first-order chi connectivity index (χ1) is 13.1. The van der Waals surface area contributed by atoms with Crippen LogP contribution in [0.3, 0.4) is 0 Å². The van der Waals surface area contributed by atoms with Crippen molar-refractivity contribution in [1.29, 1.82) is 0 Å². The number of rotatable bonds is 8. The Morgan fingerprint density at radius 1 is 1.07 bits per heavy atom. The van der Waals surface area contributed by atoms with Crippen LogP contribution in [0.5, 0.6) is 5.75 Å². The molecule has 1 aliphatic carbocycles. The van der Waals surface area contributed by atoms with Gasteiger partial charge in [0, 0.05) is 12.3 Å². The first kappa shape index (κ1) is 23.0. The summed E-state index contributed by atoms with van der Waals surface area (Å²) in [5, 5.41) is 0.187. The second kappa shape index (κ2) is 9.95. The maximum absolute atomic E-state index is 12.2. The summed E-state index contributed by atoms with van der Waals surface area (Å²) in [6.45, 7) is 13.5. The number of hydrogen-bond acceptors (Lipinski definition) is 3. The van der Waals surface area contributed by atoms with Gasteiger partial charge in [-0.05, 0) is 61.5 Å². The second-order valence-electron chi connectivity index (χ2n) is 9.81. The van der Waals surface area contributed by atoms with Crippen molar-refractivity contribution in [3.05, 3.63) is 29.8 Å². The molecule has 158 valence electrons. The molecule has 0 aromatic heterocycles. The Kier molecular flexibility index (Phi) is 8.17. The fraction of sp³-hybridized carbons (Fsp3) is 0.708. The van der Waals surface area contributed by atoms with E-state index in [1.54, 1.807) is 0 Å². The van der Waals surface area contributed by atoms with Crippen LogP contribution in [-0.2, 0) is 9.53 Å². The third-order valence-electron chi connectivity index (χ3n) is 6.46. The van der Waals surface area contributed by atoms with Gasteiger partial charge in [0.05, 0.1) is 0 Å². The lowest BCUT2D eigenvalue weighted by atomic mass is 9.81. The molecule has 28 heavy (non-hydrogen) atoms. The lowest BCUT2D eigenvalue weighted by Crippen LogP contribution is -2.43. The van der Waals surface area contributed by atoms with E-state index >= 15 is 0 Å². The third kappa shape index (κ3) is 6.37. The summed E-state index contributed by atoms with van der Waals surface area (Å²) in [6.07, 6.45) is 8.16. The van der Waals surface area contributed by atoms with Gasteiger partial charge >= 0.3 is 5.97 Å². The van der Waals surface area contributed by atoms with Gasteiger partial charge in [-0.25, -0.2) is 0 Å². The Bertz CT molecular complexity index is 616. The van der Waals surface area contributed by atoms with E-state index < -0.39 is 8.32 Å². The lowest BCUT2D eigenvalue weighted by molar-refractivity contribution is -0.151. The number of carbonyl (C=O) groups is 1. The molecule has 1 aliphatic rings. The van der Waals surface area contributed by atoms with Crippen molar-refractivity contribution in [2.24, 2.45) is 0 Å². The van der Waals surface area contributed by atoms with Crippen LogP contribution in [0.25, 0.3) is 0 Å². The number of carbonyl (C=O) groups excluding carboxylic acids is 1. The zero-order chi connectivity index (χ0) is 20.8. The molecule has 0 heterocycles. The Labute approximate surface area is 173 Å². The van der Waals surface area contributed by atoms with E-state index in [-0.39, 0.29) is 17.1 Å². The molecular formula is C24H40O3Si. The normalized spacial score (nSPS) is 20.6. The van der Waals surface area contributed by atoms with Crippen molar-refractivity contribution in [2.45, 2.75) is 109 Å². The molecule has 0 amide bonds. The summed E-state index contributed by atoms with van der Waals surface area (Å²) < 4.78 is 12.3. The molecule has 1 fully saturated rings. The van der Waals surface area contributed by atoms with Gasteiger partial charge in [0.25, 0.3) is 0 Å². The molecule has 1 saturated carbocycles. The summed E-state index contributed by atoms with van der Waals surface area (Å²) in [7, 11) is -1.82. The van der Waals surface area contributed by atoms with E-state index in [1.807, 2.05) is 0 Å². The average Bonchev–Trinajstić information content (AvgIpc) is 2.62. The minimum Gasteiger partial charge on any atom is -0.544 e. The monoisotopic (exact) mass is 404 g/mol. The van der Waals surface area contributed by atoms with Crippen LogP contribution < -0.4 is 4.43 Å². The van der Waals surface area contributed by atoms with Gasteiger partial charge in [-0.15, -0.1) is 0 Å². The van der Waals surface area contributed by atoms with Gasteiger partial charge in [-0.1, -0.05) is 59.1 Å². The SMILES string of the molecule is CCCCCC(=O)O[C@@H]1CCCC[C@H]1c1ccc(O[Si](C)(C)C(C)(C)C)cc1. The van der Waals surface area contributed by atoms with Crippen LogP contribution in [0.1, 0.15) is 90.5 Å². The molecule has 0 bridgehead atoms. The Balaban J connectivity index is 2.02. The van der Waals surface area contributed by atoms with Crippen LogP contribution in [0.15, 0.2) is 24.3 Å². The minimum atomic E-state index is -1.82. The van der Waals surface area contributed by atoms with Crippen molar-refractivity contribution < 1.29 is 14.0 Å². The maximum atomic E-state index is 12.2. The van der Waals surface area contributed by atoms with Crippen LogP contribution in [0, 0.1) is 0 Å². The summed E-state index contributed by atoms with van der Waals surface area (Å²) in [5.74, 6) is 1.24. The maximum Gasteiger partial charge on any atom is 0.306 e. The number of hydrogen-bond donors (Lipinski definition) is 0. The highest BCUT2D eigenvalue weighted by atomic mass is 28.4. The third-order valence-corrected chi connectivity index (χ3v) is 10.8. The summed E-state index contributed by atoms with van der Waals surface area (Å²) in [6, 6.07) is 8.56. The molecule has 2 rings (SSSR count). The average molecular weight is 405 g/mol. The molecule has 0 radical (unpaired) electrons. The molecule has 3 nitrogen and oxygen atoms in total. The molecule has 4 heteroatoms. The van der Waals surface area contributed by atoms with Gasteiger partial charge in [-0.3, -0.25) is 4.79 Å². The van der Waals surface area contributed by atoms with Gasteiger partial charge in [0.15, 0.2) is 0 Å². The highest BCUT2D eigenvalue weighted by Gasteiger charge is 2.39. The van der Waals surface area contributed by atoms with Crippen molar-refractivity contribution in [3.63, 3.8) is 0 Å².